The highest BCUT2D eigenvalue weighted by molar-refractivity contribution is 5.60. The van der Waals surface area contributed by atoms with Crippen molar-refractivity contribution in [2.75, 3.05) is 0 Å². The van der Waals surface area contributed by atoms with Crippen LogP contribution in [0, 0.1) is 5.92 Å². The summed E-state index contributed by atoms with van der Waals surface area (Å²) in [5.41, 5.74) is 0.556. The van der Waals surface area contributed by atoms with Gasteiger partial charge >= 0.3 is 6.36 Å². The molecule has 0 atom stereocenters. The summed E-state index contributed by atoms with van der Waals surface area (Å²) in [4.78, 5) is 4.99. The molecule has 0 N–H and O–H groups in total. The van der Waals surface area contributed by atoms with Crippen molar-refractivity contribution in [3.63, 3.8) is 0 Å². The van der Waals surface area contributed by atoms with E-state index in [0.717, 1.165) is 12.8 Å². The van der Waals surface area contributed by atoms with Gasteiger partial charge in [-0.25, -0.2) is 0 Å². The van der Waals surface area contributed by atoms with Crippen LogP contribution in [-0.4, -0.2) is 12.6 Å². The highest BCUT2D eigenvalue weighted by Gasteiger charge is 2.31. The van der Waals surface area contributed by atoms with E-state index in [2.05, 4.69) is 16.1 Å². The van der Waals surface area contributed by atoms with Gasteiger partial charge in [0.25, 0.3) is 0 Å². The minimum atomic E-state index is -4.68. The van der Waals surface area contributed by atoms with Crippen molar-refractivity contribution in [3.8, 4) is 5.75 Å². The second-order valence-corrected chi connectivity index (χ2v) is 4.32. The van der Waals surface area contributed by atoms with Gasteiger partial charge < -0.3 is 9.57 Å². The first-order chi connectivity index (χ1) is 9.03. The monoisotopic (exact) mass is 272 g/mol. The maximum Gasteiger partial charge on any atom is 0.573 e. The molecule has 0 aromatic heterocycles. The molecule has 1 saturated carbocycles. The van der Waals surface area contributed by atoms with E-state index in [-0.39, 0.29) is 12.4 Å². The van der Waals surface area contributed by atoms with Crippen LogP contribution in [0.4, 0.5) is 13.2 Å². The van der Waals surface area contributed by atoms with Gasteiger partial charge in [0, 0.05) is 5.92 Å². The Kier molecular flexibility index (Phi) is 4.29. The van der Waals surface area contributed by atoms with Crippen molar-refractivity contribution in [2.24, 2.45) is 11.1 Å². The zero-order chi connectivity index (χ0) is 13.7. The molecule has 1 fully saturated rings. The molecule has 3 nitrogen and oxygen atoms in total. The number of benzene rings is 1. The van der Waals surface area contributed by atoms with Gasteiger partial charge in [-0.15, -0.1) is 13.2 Å². The Labute approximate surface area is 109 Å². The molecule has 1 aromatic rings. The third-order valence-electron chi connectivity index (χ3n) is 2.77. The maximum absolute atomic E-state index is 12.0. The molecule has 19 heavy (non-hydrogen) atoms. The quantitative estimate of drug-likeness (QED) is 0.603. The lowest BCUT2D eigenvalue weighted by Crippen LogP contribution is -2.17. The van der Waals surface area contributed by atoms with Crippen LogP contribution in [0.3, 0.4) is 0 Å². The van der Waals surface area contributed by atoms with Gasteiger partial charge in [0.15, 0.2) is 0 Å². The number of nitrogens with zero attached hydrogens (tertiary/aromatic N) is 1. The van der Waals surface area contributed by atoms with Gasteiger partial charge in [-0.3, -0.25) is 0 Å². The lowest BCUT2D eigenvalue weighted by atomic mass is 9.87. The Hall–Kier alpha value is -1.72. The molecule has 0 bridgehead atoms. The topological polar surface area (TPSA) is 30.8 Å². The van der Waals surface area contributed by atoms with Crippen LogP contribution >= 0.6 is 0 Å². The molecule has 2 rings (SSSR count). The van der Waals surface area contributed by atoms with Gasteiger partial charge in [-0.2, -0.15) is 0 Å². The smallest absolute Gasteiger partial charge is 0.406 e. The summed E-state index contributed by atoms with van der Waals surface area (Å²) in [6.45, 7) is 0.0920. The Bertz CT molecular complexity index is 442. The van der Waals surface area contributed by atoms with Gasteiger partial charge in [-0.1, -0.05) is 23.7 Å². The molecule has 1 aromatic carbocycles. The molecule has 0 amide bonds. The van der Waals surface area contributed by atoms with Crippen LogP contribution in [0.15, 0.2) is 29.4 Å². The Morgan fingerprint density at radius 1 is 1.32 bits per heavy atom. The SMILES string of the molecule is FC(F)(F)Oc1cccc(CO/N=[C]\C2CCC2)c1. The zero-order valence-electron chi connectivity index (χ0n) is 10.1. The van der Waals surface area contributed by atoms with E-state index in [1.165, 1.54) is 24.6 Å². The minimum Gasteiger partial charge on any atom is -0.406 e. The van der Waals surface area contributed by atoms with E-state index in [0.29, 0.717) is 11.5 Å². The fourth-order valence-corrected chi connectivity index (χ4v) is 1.59. The van der Waals surface area contributed by atoms with Crippen LogP contribution in [0.2, 0.25) is 0 Å². The second kappa shape index (κ2) is 5.95. The molecular weight excluding hydrogens is 259 g/mol. The van der Waals surface area contributed by atoms with E-state index < -0.39 is 6.36 Å². The molecule has 0 aliphatic heterocycles. The first-order valence-corrected chi connectivity index (χ1v) is 5.95. The molecule has 1 aliphatic carbocycles. The minimum absolute atomic E-state index is 0.0920. The van der Waals surface area contributed by atoms with E-state index in [1.54, 1.807) is 6.07 Å². The summed E-state index contributed by atoms with van der Waals surface area (Å²) in [5, 5.41) is 3.68. The predicted molar refractivity (Wildman–Crippen MR) is 62.7 cm³/mol. The largest absolute Gasteiger partial charge is 0.573 e. The third kappa shape index (κ3) is 4.81. The van der Waals surface area contributed by atoms with Crippen molar-refractivity contribution in [2.45, 2.75) is 32.2 Å². The molecule has 0 heterocycles. The summed E-state index contributed by atoms with van der Waals surface area (Å²) in [6.07, 6.45) is 1.48. The van der Waals surface area contributed by atoms with E-state index in [1.807, 2.05) is 0 Å². The number of hydrogen-bond acceptors (Lipinski definition) is 3. The Morgan fingerprint density at radius 2 is 2.11 bits per heavy atom. The summed E-state index contributed by atoms with van der Waals surface area (Å²) >= 11 is 0. The van der Waals surface area contributed by atoms with Crippen LogP contribution in [0.25, 0.3) is 0 Å². The summed E-state index contributed by atoms with van der Waals surface area (Å²) in [5.74, 6) is 0.0976. The van der Waals surface area contributed by atoms with Crippen molar-refractivity contribution in [1.29, 1.82) is 0 Å². The number of halogens is 3. The molecule has 1 radical (unpaired) electrons. The molecule has 0 saturated heterocycles. The molecule has 0 unspecified atom stereocenters. The average molecular weight is 272 g/mol. The van der Waals surface area contributed by atoms with Crippen LogP contribution in [-0.2, 0) is 11.4 Å². The zero-order valence-corrected chi connectivity index (χ0v) is 10.1. The fraction of sp³-hybridized carbons (Fsp3) is 0.462. The lowest BCUT2D eigenvalue weighted by Gasteiger charge is -2.18. The lowest BCUT2D eigenvalue weighted by molar-refractivity contribution is -0.274. The predicted octanol–water partition coefficient (Wildman–Crippen LogP) is 3.76. The van der Waals surface area contributed by atoms with Gasteiger partial charge in [0.1, 0.15) is 18.6 Å². The van der Waals surface area contributed by atoms with Crippen LogP contribution in [0.5, 0.6) is 5.75 Å². The second-order valence-electron chi connectivity index (χ2n) is 4.32. The van der Waals surface area contributed by atoms with Crippen molar-refractivity contribution in [3.05, 3.63) is 29.8 Å². The number of rotatable bonds is 5. The summed E-state index contributed by atoms with van der Waals surface area (Å²) in [7, 11) is 0. The summed E-state index contributed by atoms with van der Waals surface area (Å²) in [6, 6.07) is 5.62. The maximum atomic E-state index is 12.0. The average Bonchev–Trinajstić information content (AvgIpc) is 2.24. The van der Waals surface area contributed by atoms with Gasteiger partial charge in [0.2, 0.25) is 0 Å². The summed E-state index contributed by atoms with van der Waals surface area (Å²) < 4.78 is 39.9. The Balaban J connectivity index is 1.82. The molecule has 6 heteroatoms. The fourth-order valence-electron chi connectivity index (χ4n) is 1.59. The number of ether oxygens (including phenoxy) is 1. The first kappa shape index (κ1) is 13.7. The van der Waals surface area contributed by atoms with Gasteiger partial charge in [0.05, 0.1) is 0 Å². The van der Waals surface area contributed by atoms with Gasteiger partial charge in [-0.05, 0) is 30.5 Å². The molecule has 0 spiro atoms. The van der Waals surface area contributed by atoms with Crippen molar-refractivity contribution >= 4 is 6.21 Å². The van der Waals surface area contributed by atoms with Crippen molar-refractivity contribution < 1.29 is 22.7 Å². The Morgan fingerprint density at radius 3 is 2.74 bits per heavy atom. The van der Waals surface area contributed by atoms with E-state index in [9.17, 15) is 13.2 Å². The van der Waals surface area contributed by atoms with Crippen molar-refractivity contribution in [1.82, 2.24) is 0 Å². The molecule has 103 valence electrons. The van der Waals surface area contributed by atoms with E-state index in [4.69, 9.17) is 4.84 Å². The standard InChI is InChI=1S/C13H13F3NO2/c14-13(15,16)19-12-6-2-5-11(7-12)9-18-17-8-10-3-1-4-10/h2,5-7,10H,1,3-4,9H2. The first-order valence-electron chi connectivity index (χ1n) is 5.95. The number of hydrogen-bond donors (Lipinski definition) is 0. The number of alkyl halides is 3. The van der Waals surface area contributed by atoms with Crippen LogP contribution < -0.4 is 4.74 Å². The molecular formula is C13H13F3NO2. The normalized spacial score (nSPS) is 16.4. The highest BCUT2D eigenvalue weighted by Crippen LogP contribution is 2.25. The highest BCUT2D eigenvalue weighted by atomic mass is 19.4. The van der Waals surface area contributed by atoms with E-state index >= 15 is 0 Å². The van der Waals surface area contributed by atoms with Crippen LogP contribution in [0.1, 0.15) is 24.8 Å². The molecule has 1 aliphatic rings. The third-order valence-corrected chi connectivity index (χ3v) is 2.77.